The first-order valence-corrected chi connectivity index (χ1v) is 11.3. The monoisotopic (exact) mass is 457 g/mol. The van der Waals surface area contributed by atoms with Gasteiger partial charge >= 0.3 is 5.97 Å². The number of carbonyl (C=O) groups is 1. The Hall–Kier alpha value is -4.14. The van der Waals surface area contributed by atoms with E-state index in [0.29, 0.717) is 17.2 Å². The molecule has 9 heteroatoms. The molecule has 0 spiro atoms. The number of nitro groups is 1. The highest BCUT2D eigenvalue weighted by Crippen LogP contribution is 2.36. The van der Waals surface area contributed by atoms with E-state index in [4.69, 9.17) is 0 Å². The van der Waals surface area contributed by atoms with Crippen LogP contribution in [0.15, 0.2) is 48.5 Å². The van der Waals surface area contributed by atoms with E-state index in [1.54, 1.807) is 0 Å². The molecule has 172 valence electrons. The fraction of sp³-hybridized carbons (Fsp3) is 0.280. The van der Waals surface area contributed by atoms with Gasteiger partial charge in [-0.25, -0.2) is 9.48 Å². The average Bonchev–Trinajstić information content (AvgIpc) is 3.29. The largest absolute Gasteiger partial charge is 0.476 e. The van der Waals surface area contributed by atoms with E-state index in [9.17, 15) is 20.0 Å². The van der Waals surface area contributed by atoms with Gasteiger partial charge in [0.1, 0.15) is 5.69 Å². The number of benzene rings is 2. The van der Waals surface area contributed by atoms with Crippen LogP contribution in [0, 0.1) is 17.0 Å². The molecule has 4 aromatic rings. The van der Waals surface area contributed by atoms with Gasteiger partial charge in [-0.3, -0.25) is 15.1 Å². The minimum Gasteiger partial charge on any atom is -0.476 e. The molecule has 34 heavy (non-hydrogen) atoms. The lowest BCUT2D eigenvalue weighted by atomic mass is 9.83. The van der Waals surface area contributed by atoms with Crippen molar-refractivity contribution in [3.8, 4) is 16.9 Å². The molecule has 1 aliphatic carbocycles. The first-order valence-electron chi connectivity index (χ1n) is 11.3. The molecule has 1 fully saturated rings. The second-order valence-electron chi connectivity index (χ2n) is 8.70. The summed E-state index contributed by atoms with van der Waals surface area (Å²) in [4.78, 5) is 27.2. The molecule has 1 N–H and O–H groups in total. The molecule has 1 saturated carbocycles. The average molecular weight is 457 g/mol. The number of carboxylic acid groups (broad SMARTS) is 1. The second-order valence-corrected chi connectivity index (χ2v) is 8.70. The molecule has 0 radical (unpaired) electrons. The first kappa shape index (κ1) is 21.7. The number of rotatable bonds is 5. The molecule has 9 nitrogen and oxygen atoms in total. The molecule has 0 bridgehead atoms. The predicted octanol–water partition coefficient (Wildman–Crippen LogP) is 5.45. The van der Waals surface area contributed by atoms with Gasteiger partial charge in [0.15, 0.2) is 5.69 Å². The Morgan fingerprint density at radius 1 is 1.09 bits per heavy atom. The van der Waals surface area contributed by atoms with Crippen LogP contribution in [-0.4, -0.2) is 36.0 Å². The number of aromatic carboxylic acids is 1. The third-order valence-electron chi connectivity index (χ3n) is 6.47. The first-order chi connectivity index (χ1) is 16.4. The normalized spacial score (nSPS) is 14.4. The van der Waals surface area contributed by atoms with Crippen LogP contribution >= 0.6 is 0 Å². The van der Waals surface area contributed by atoms with Crippen molar-refractivity contribution in [2.75, 3.05) is 0 Å². The number of pyridine rings is 1. The van der Waals surface area contributed by atoms with Gasteiger partial charge in [-0.1, -0.05) is 30.5 Å². The van der Waals surface area contributed by atoms with Crippen molar-refractivity contribution in [2.45, 2.75) is 44.9 Å². The van der Waals surface area contributed by atoms with Crippen LogP contribution in [-0.2, 0) is 0 Å². The molecule has 0 amide bonds. The summed E-state index contributed by atoms with van der Waals surface area (Å²) in [5.41, 5.74) is 3.90. The molecular formula is C25H23N5O4. The predicted molar refractivity (Wildman–Crippen MR) is 126 cm³/mol. The third-order valence-corrected chi connectivity index (χ3v) is 6.47. The van der Waals surface area contributed by atoms with Crippen LogP contribution in [0.3, 0.4) is 0 Å². The lowest BCUT2D eigenvalue weighted by Gasteiger charge is -2.22. The molecule has 2 aromatic heterocycles. The number of hydrogen-bond acceptors (Lipinski definition) is 6. The van der Waals surface area contributed by atoms with Crippen molar-refractivity contribution < 1.29 is 14.8 Å². The zero-order valence-corrected chi connectivity index (χ0v) is 18.6. The number of non-ortho nitro benzene ring substituents is 1. The Kier molecular flexibility index (Phi) is 5.53. The molecule has 2 heterocycles. The fourth-order valence-electron chi connectivity index (χ4n) is 4.81. The number of carboxylic acids is 1. The summed E-state index contributed by atoms with van der Waals surface area (Å²) in [6.07, 6.45) is 6.01. The molecule has 0 unspecified atom stereocenters. The van der Waals surface area contributed by atoms with Gasteiger partial charge in [-0.15, -0.1) is 5.10 Å². The zero-order valence-electron chi connectivity index (χ0n) is 18.6. The van der Waals surface area contributed by atoms with E-state index in [0.717, 1.165) is 29.4 Å². The van der Waals surface area contributed by atoms with Gasteiger partial charge in [-0.2, -0.15) is 0 Å². The molecule has 0 aliphatic heterocycles. The number of nitrogens with zero attached hydrogens (tertiary/aromatic N) is 5. The third kappa shape index (κ3) is 3.89. The molecule has 0 atom stereocenters. The number of fused-ring (bicyclic) bond motifs is 1. The van der Waals surface area contributed by atoms with E-state index in [2.05, 4.69) is 27.4 Å². The van der Waals surface area contributed by atoms with Crippen LogP contribution in [0.5, 0.6) is 0 Å². The number of aromatic nitrogens is 4. The fourth-order valence-corrected chi connectivity index (χ4v) is 4.81. The summed E-state index contributed by atoms with van der Waals surface area (Å²) in [6.45, 7) is 1.87. The Bertz CT molecular complexity index is 1410. The zero-order chi connectivity index (χ0) is 23.8. The van der Waals surface area contributed by atoms with Gasteiger partial charge in [0, 0.05) is 28.8 Å². The summed E-state index contributed by atoms with van der Waals surface area (Å²) in [6, 6.07) is 13.9. The summed E-state index contributed by atoms with van der Waals surface area (Å²) < 4.78 is 1.51. The van der Waals surface area contributed by atoms with Gasteiger partial charge in [0.05, 0.1) is 16.1 Å². The maximum absolute atomic E-state index is 12.0. The van der Waals surface area contributed by atoms with Crippen molar-refractivity contribution in [3.05, 3.63) is 75.6 Å². The Labute approximate surface area is 195 Å². The van der Waals surface area contributed by atoms with E-state index in [1.165, 1.54) is 53.8 Å². The molecule has 0 saturated heterocycles. The Morgan fingerprint density at radius 3 is 2.50 bits per heavy atom. The minimum absolute atomic E-state index is 0.0815. The van der Waals surface area contributed by atoms with Crippen LogP contribution in [0.25, 0.3) is 27.8 Å². The summed E-state index contributed by atoms with van der Waals surface area (Å²) >= 11 is 0. The SMILES string of the molecule is Cc1cc(-n2nnc(C(=O)O)c2-c2ccc([N+](=O)[O-])cc2)c2cc(C3CCCCC3)ccc2n1. The highest BCUT2D eigenvalue weighted by atomic mass is 16.6. The quantitative estimate of drug-likeness (QED) is 0.312. The standard InChI is InChI=1S/C25H23N5O4/c1-15-13-22(20-14-18(9-12-21(20)26-15)16-5-3-2-4-6-16)29-24(23(25(31)32)27-28-29)17-7-10-19(11-8-17)30(33)34/h7-14,16H,2-6H2,1H3,(H,31,32). The lowest BCUT2D eigenvalue weighted by Crippen LogP contribution is -2.07. The van der Waals surface area contributed by atoms with Crippen molar-refractivity contribution in [1.29, 1.82) is 0 Å². The van der Waals surface area contributed by atoms with E-state index in [1.807, 2.05) is 19.1 Å². The second kappa shape index (κ2) is 8.66. The van der Waals surface area contributed by atoms with Gasteiger partial charge in [0.25, 0.3) is 5.69 Å². The van der Waals surface area contributed by atoms with Gasteiger partial charge in [0.2, 0.25) is 0 Å². The molecule has 2 aromatic carbocycles. The van der Waals surface area contributed by atoms with Crippen LogP contribution < -0.4 is 0 Å². The maximum atomic E-state index is 12.0. The van der Waals surface area contributed by atoms with Crippen molar-refractivity contribution in [1.82, 2.24) is 20.0 Å². The maximum Gasteiger partial charge on any atom is 0.358 e. The van der Waals surface area contributed by atoms with E-state index >= 15 is 0 Å². The van der Waals surface area contributed by atoms with Crippen LogP contribution in [0.2, 0.25) is 0 Å². The Balaban J connectivity index is 1.71. The lowest BCUT2D eigenvalue weighted by molar-refractivity contribution is -0.384. The summed E-state index contributed by atoms with van der Waals surface area (Å²) in [5.74, 6) is -0.732. The molecular weight excluding hydrogens is 434 g/mol. The van der Waals surface area contributed by atoms with Crippen molar-refractivity contribution >= 4 is 22.6 Å². The highest BCUT2D eigenvalue weighted by molar-refractivity contribution is 5.95. The Morgan fingerprint density at radius 2 is 1.82 bits per heavy atom. The number of hydrogen-bond donors (Lipinski definition) is 1. The van der Waals surface area contributed by atoms with E-state index in [-0.39, 0.29) is 17.1 Å². The van der Waals surface area contributed by atoms with Crippen LogP contribution in [0.1, 0.15) is 59.8 Å². The van der Waals surface area contributed by atoms with Crippen LogP contribution in [0.4, 0.5) is 5.69 Å². The summed E-state index contributed by atoms with van der Waals surface area (Å²) in [7, 11) is 0. The smallest absolute Gasteiger partial charge is 0.358 e. The van der Waals surface area contributed by atoms with E-state index < -0.39 is 10.9 Å². The highest BCUT2D eigenvalue weighted by Gasteiger charge is 2.24. The van der Waals surface area contributed by atoms with Crippen molar-refractivity contribution in [3.63, 3.8) is 0 Å². The van der Waals surface area contributed by atoms with Gasteiger partial charge < -0.3 is 5.11 Å². The number of nitro benzene ring substituents is 1. The van der Waals surface area contributed by atoms with Gasteiger partial charge in [-0.05, 0) is 61.6 Å². The minimum atomic E-state index is -1.22. The van der Waals surface area contributed by atoms with Crippen molar-refractivity contribution in [2.24, 2.45) is 0 Å². The molecule has 5 rings (SSSR count). The number of aryl methyl sites for hydroxylation is 1. The topological polar surface area (TPSA) is 124 Å². The molecule has 1 aliphatic rings. The summed E-state index contributed by atoms with van der Waals surface area (Å²) in [5, 5.41) is 29.9.